The third-order valence-electron chi connectivity index (χ3n) is 3.99. The second-order valence-corrected chi connectivity index (χ2v) is 4.97. The maximum absolute atomic E-state index is 11.8. The molecule has 20 heavy (non-hydrogen) atoms. The summed E-state index contributed by atoms with van der Waals surface area (Å²) in [4.78, 5) is 11.8. The number of carboxylic acids is 1. The third kappa shape index (κ3) is 2.07. The van der Waals surface area contributed by atoms with Crippen molar-refractivity contribution in [2.45, 2.75) is 31.1 Å². The first-order chi connectivity index (χ1) is 9.58. The predicted molar refractivity (Wildman–Crippen MR) is 72.0 cm³/mol. The van der Waals surface area contributed by atoms with Crippen LogP contribution in [-0.2, 0) is 10.2 Å². The van der Waals surface area contributed by atoms with E-state index < -0.39 is 11.4 Å². The van der Waals surface area contributed by atoms with Crippen molar-refractivity contribution < 1.29 is 19.4 Å². The zero-order valence-corrected chi connectivity index (χ0v) is 11.6. The van der Waals surface area contributed by atoms with Gasteiger partial charge in [-0.3, -0.25) is 4.79 Å². The van der Waals surface area contributed by atoms with Gasteiger partial charge >= 0.3 is 5.97 Å². The normalized spacial score (nSPS) is 16.4. The molecule has 0 spiro atoms. The van der Waals surface area contributed by atoms with Crippen LogP contribution in [0.3, 0.4) is 0 Å². The topological polar surface area (TPSA) is 79.5 Å². The van der Waals surface area contributed by atoms with E-state index in [9.17, 15) is 9.90 Å². The number of methoxy groups -OCH3 is 2. The zero-order valence-electron chi connectivity index (χ0n) is 11.6. The molecule has 0 saturated heterocycles. The molecule has 1 aliphatic rings. The van der Waals surface area contributed by atoms with Gasteiger partial charge < -0.3 is 14.6 Å². The highest BCUT2D eigenvalue weighted by atomic mass is 16.5. The lowest BCUT2D eigenvalue weighted by Gasteiger charge is -2.27. The van der Waals surface area contributed by atoms with Crippen LogP contribution in [0.1, 0.15) is 36.8 Å². The van der Waals surface area contributed by atoms with Crippen LogP contribution in [0, 0.1) is 11.3 Å². The van der Waals surface area contributed by atoms with Gasteiger partial charge in [0.05, 0.1) is 31.3 Å². The Hall–Kier alpha value is -2.22. The quantitative estimate of drug-likeness (QED) is 0.913. The lowest BCUT2D eigenvalue weighted by Crippen LogP contribution is -2.33. The Morgan fingerprint density at radius 3 is 2.40 bits per heavy atom. The van der Waals surface area contributed by atoms with Gasteiger partial charge in [-0.2, -0.15) is 5.26 Å². The molecule has 1 aromatic carbocycles. The van der Waals surface area contributed by atoms with Crippen LogP contribution in [0.2, 0.25) is 0 Å². The fourth-order valence-electron chi connectivity index (χ4n) is 2.96. The number of benzene rings is 1. The molecule has 1 fully saturated rings. The van der Waals surface area contributed by atoms with Crippen molar-refractivity contribution in [1.82, 2.24) is 0 Å². The summed E-state index contributed by atoms with van der Waals surface area (Å²) in [6, 6.07) is 5.22. The van der Waals surface area contributed by atoms with E-state index >= 15 is 0 Å². The van der Waals surface area contributed by atoms with Crippen molar-refractivity contribution in [3.63, 3.8) is 0 Å². The fraction of sp³-hybridized carbons (Fsp3) is 0.467. The summed E-state index contributed by atoms with van der Waals surface area (Å²) < 4.78 is 10.6. The number of nitriles is 1. The molecule has 0 bridgehead atoms. The Labute approximate surface area is 117 Å². The van der Waals surface area contributed by atoms with Crippen LogP contribution in [0.25, 0.3) is 0 Å². The molecule has 5 nitrogen and oxygen atoms in total. The van der Waals surface area contributed by atoms with Gasteiger partial charge in [-0.15, -0.1) is 0 Å². The van der Waals surface area contributed by atoms with E-state index in [1.54, 1.807) is 12.1 Å². The van der Waals surface area contributed by atoms with E-state index in [4.69, 9.17) is 14.7 Å². The van der Waals surface area contributed by atoms with Gasteiger partial charge in [0.25, 0.3) is 0 Å². The Balaban J connectivity index is 2.71. The Morgan fingerprint density at radius 2 is 1.95 bits per heavy atom. The van der Waals surface area contributed by atoms with Crippen molar-refractivity contribution in [2.75, 3.05) is 14.2 Å². The SMILES string of the molecule is COc1cc(C#N)cc(C2(C(=O)O)CCCC2)c1OC. The number of hydrogen-bond acceptors (Lipinski definition) is 4. The summed E-state index contributed by atoms with van der Waals surface area (Å²) in [5, 5.41) is 18.8. The molecule has 106 valence electrons. The van der Waals surface area contributed by atoms with E-state index in [-0.39, 0.29) is 0 Å². The summed E-state index contributed by atoms with van der Waals surface area (Å²) in [6.45, 7) is 0. The molecule has 0 unspecified atom stereocenters. The van der Waals surface area contributed by atoms with Gasteiger partial charge in [0, 0.05) is 11.6 Å². The number of rotatable bonds is 4. The molecule has 0 amide bonds. The number of carbonyl (C=O) groups is 1. The molecule has 1 saturated carbocycles. The highest BCUT2D eigenvalue weighted by Gasteiger charge is 2.45. The molecule has 5 heteroatoms. The summed E-state index contributed by atoms with van der Waals surface area (Å²) in [6.07, 6.45) is 2.82. The predicted octanol–water partition coefficient (Wildman–Crippen LogP) is 2.47. The van der Waals surface area contributed by atoms with E-state index in [1.165, 1.54) is 14.2 Å². The molecule has 0 heterocycles. The molecule has 0 aliphatic heterocycles. The summed E-state index contributed by atoms with van der Waals surface area (Å²) in [7, 11) is 2.96. The van der Waals surface area contributed by atoms with Crippen molar-refractivity contribution in [2.24, 2.45) is 0 Å². The zero-order chi connectivity index (χ0) is 14.8. The smallest absolute Gasteiger partial charge is 0.314 e. The number of carboxylic acid groups (broad SMARTS) is 1. The second-order valence-electron chi connectivity index (χ2n) is 4.97. The Kier molecular flexibility index (Phi) is 3.84. The molecule has 1 N–H and O–H groups in total. The molecule has 0 radical (unpaired) electrons. The molecule has 2 rings (SSSR count). The van der Waals surface area contributed by atoms with Crippen molar-refractivity contribution in [3.8, 4) is 17.6 Å². The largest absolute Gasteiger partial charge is 0.493 e. The van der Waals surface area contributed by atoms with Gasteiger partial charge in [0.1, 0.15) is 0 Å². The highest BCUT2D eigenvalue weighted by molar-refractivity contribution is 5.84. The lowest BCUT2D eigenvalue weighted by atomic mass is 9.77. The van der Waals surface area contributed by atoms with E-state index in [1.807, 2.05) is 6.07 Å². The highest BCUT2D eigenvalue weighted by Crippen LogP contribution is 2.48. The summed E-state index contributed by atoms with van der Waals surface area (Å²) >= 11 is 0. The monoisotopic (exact) mass is 275 g/mol. The average Bonchev–Trinajstić information content (AvgIpc) is 2.96. The first-order valence-electron chi connectivity index (χ1n) is 6.49. The minimum Gasteiger partial charge on any atom is -0.493 e. The van der Waals surface area contributed by atoms with Crippen molar-refractivity contribution in [1.29, 1.82) is 5.26 Å². The van der Waals surface area contributed by atoms with Gasteiger partial charge in [0.2, 0.25) is 0 Å². The Morgan fingerprint density at radius 1 is 1.30 bits per heavy atom. The minimum atomic E-state index is -0.981. The van der Waals surface area contributed by atoms with Crippen LogP contribution >= 0.6 is 0 Å². The molecular weight excluding hydrogens is 258 g/mol. The first kappa shape index (κ1) is 14.2. The van der Waals surface area contributed by atoms with Crippen LogP contribution in [0.5, 0.6) is 11.5 Å². The van der Waals surface area contributed by atoms with Gasteiger partial charge in [-0.1, -0.05) is 12.8 Å². The maximum atomic E-state index is 11.8. The van der Waals surface area contributed by atoms with E-state index in [0.717, 1.165) is 12.8 Å². The number of aliphatic carboxylic acids is 1. The van der Waals surface area contributed by atoms with E-state index in [0.29, 0.717) is 35.5 Å². The van der Waals surface area contributed by atoms with Crippen LogP contribution < -0.4 is 9.47 Å². The number of ether oxygens (including phenoxy) is 2. The number of hydrogen-bond donors (Lipinski definition) is 1. The van der Waals surface area contributed by atoms with Crippen LogP contribution in [-0.4, -0.2) is 25.3 Å². The summed E-state index contributed by atoms with van der Waals surface area (Å²) in [5.41, 5.74) is -0.0584. The molecule has 1 aliphatic carbocycles. The molecular formula is C15H17NO4. The minimum absolute atomic E-state index is 0.380. The Bertz CT molecular complexity index is 568. The maximum Gasteiger partial charge on any atom is 0.314 e. The number of nitrogens with zero attached hydrogens (tertiary/aromatic N) is 1. The second kappa shape index (κ2) is 5.41. The lowest BCUT2D eigenvalue weighted by molar-refractivity contribution is -0.143. The first-order valence-corrected chi connectivity index (χ1v) is 6.49. The fourth-order valence-corrected chi connectivity index (χ4v) is 2.96. The van der Waals surface area contributed by atoms with E-state index in [2.05, 4.69) is 0 Å². The molecule has 1 aromatic rings. The molecule has 0 aromatic heterocycles. The summed E-state index contributed by atoms with van der Waals surface area (Å²) in [5.74, 6) is -0.0599. The van der Waals surface area contributed by atoms with Crippen molar-refractivity contribution >= 4 is 5.97 Å². The van der Waals surface area contributed by atoms with Crippen LogP contribution in [0.4, 0.5) is 0 Å². The van der Waals surface area contributed by atoms with Gasteiger partial charge in [-0.25, -0.2) is 0 Å². The standard InChI is InChI=1S/C15H17NO4/c1-19-12-8-10(9-16)7-11(13(12)20-2)15(14(17)18)5-3-4-6-15/h7-8H,3-6H2,1-2H3,(H,17,18). The third-order valence-corrected chi connectivity index (χ3v) is 3.99. The van der Waals surface area contributed by atoms with Gasteiger partial charge in [-0.05, 0) is 18.9 Å². The van der Waals surface area contributed by atoms with Crippen LogP contribution in [0.15, 0.2) is 12.1 Å². The van der Waals surface area contributed by atoms with Crippen molar-refractivity contribution in [3.05, 3.63) is 23.3 Å². The molecule has 0 atom stereocenters. The van der Waals surface area contributed by atoms with Gasteiger partial charge in [0.15, 0.2) is 11.5 Å². The average molecular weight is 275 g/mol.